The largest absolute Gasteiger partial charge is 0.446 e. The molecular weight excluding hydrogens is 393 g/mol. The maximum atomic E-state index is 12.6. The van der Waals surface area contributed by atoms with Crippen LogP contribution >= 0.6 is 11.8 Å². The molecule has 0 bridgehead atoms. The Labute approximate surface area is 162 Å². The van der Waals surface area contributed by atoms with Gasteiger partial charge in [0, 0.05) is 22.7 Å². The first-order valence-electron chi connectivity index (χ1n) is 8.64. The van der Waals surface area contributed by atoms with Gasteiger partial charge in [0.25, 0.3) is 0 Å². The second-order valence-corrected chi connectivity index (χ2v) is 7.73. The second-order valence-electron chi connectivity index (χ2n) is 6.59. The van der Waals surface area contributed by atoms with Gasteiger partial charge in [-0.05, 0) is 42.8 Å². The van der Waals surface area contributed by atoms with E-state index in [1.807, 2.05) is 0 Å². The highest BCUT2D eigenvalue weighted by Crippen LogP contribution is 2.38. The van der Waals surface area contributed by atoms with Crippen LogP contribution < -0.4 is 5.32 Å². The van der Waals surface area contributed by atoms with Crippen molar-refractivity contribution in [3.8, 4) is 11.3 Å². The van der Waals surface area contributed by atoms with Crippen LogP contribution in [-0.4, -0.2) is 48.6 Å². The first kappa shape index (κ1) is 19.0. The monoisotopic (exact) mass is 410 g/mol. The minimum atomic E-state index is -4.36. The maximum Gasteiger partial charge on any atom is 0.446 e. The van der Waals surface area contributed by atoms with Gasteiger partial charge in [-0.1, -0.05) is 12.1 Å². The number of anilines is 1. The van der Waals surface area contributed by atoms with Gasteiger partial charge in [0.1, 0.15) is 5.82 Å². The fourth-order valence-electron chi connectivity index (χ4n) is 3.31. The third-order valence-corrected chi connectivity index (χ3v) is 5.36. The molecule has 6 nitrogen and oxygen atoms in total. The van der Waals surface area contributed by atoms with Crippen LogP contribution in [0.3, 0.4) is 0 Å². The molecule has 1 aliphatic carbocycles. The SMILES string of the molecule is O[C@@H]1[C@H](O)CC[C@H]1Nc1ccnc2cc(-c3cccc(SC(F)(F)F)c3)nn12. The Morgan fingerprint density at radius 2 is 1.96 bits per heavy atom. The number of halogens is 3. The van der Waals surface area contributed by atoms with E-state index in [4.69, 9.17) is 0 Å². The molecule has 1 aromatic carbocycles. The molecule has 0 spiro atoms. The molecule has 2 aromatic heterocycles. The van der Waals surface area contributed by atoms with Crippen molar-refractivity contribution in [1.82, 2.24) is 14.6 Å². The van der Waals surface area contributed by atoms with Crippen LogP contribution in [0.1, 0.15) is 12.8 Å². The lowest BCUT2D eigenvalue weighted by Gasteiger charge is -2.19. The normalized spacial score (nSPS) is 22.7. The van der Waals surface area contributed by atoms with Crippen molar-refractivity contribution in [2.75, 3.05) is 5.32 Å². The van der Waals surface area contributed by atoms with E-state index in [2.05, 4.69) is 15.4 Å². The number of alkyl halides is 3. The lowest BCUT2D eigenvalue weighted by Crippen LogP contribution is -2.34. The van der Waals surface area contributed by atoms with Crippen LogP contribution in [0, 0.1) is 0 Å². The molecule has 1 fully saturated rings. The summed E-state index contributed by atoms with van der Waals surface area (Å²) in [6, 6.07) is 9.13. The van der Waals surface area contributed by atoms with Crippen molar-refractivity contribution in [1.29, 1.82) is 0 Å². The molecular formula is C18H17F3N4O2S. The topological polar surface area (TPSA) is 82.7 Å². The molecule has 0 unspecified atom stereocenters. The summed E-state index contributed by atoms with van der Waals surface area (Å²) in [7, 11) is 0. The van der Waals surface area contributed by atoms with E-state index in [0.29, 0.717) is 35.6 Å². The molecule has 10 heteroatoms. The zero-order valence-electron chi connectivity index (χ0n) is 14.5. The summed E-state index contributed by atoms with van der Waals surface area (Å²) >= 11 is -0.173. The van der Waals surface area contributed by atoms with Crippen molar-refractivity contribution in [2.45, 2.75) is 41.5 Å². The number of rotatable bonds is 4. The Morgan fingerprint density at radius 3 is 2.68 bits per heavy atom. The van der Waals surface area contributed by atoms with Crippen LogP contribution in [0.15, 0.2) is 47.5 Å². The fourth-order valence-corrected chi connectivity index (χ4v) is 3.91. The van der Waals surface area contributed by atoms with E-state index in [1.165, 1.54) is 16.6 Å². The summed E-state index contributed by atoms with van der Waals surface area (Å²) in [4.78, 5) is 4.32. The second kappa shape index (κ2) is 7.26. The van der Waals surface area contributed by atoms with Crippen LogP contribution in [0.4, 0.5) is 19.0 Å². The van der Waals surface area contributed by atoms with Crippen molar-refractivity contribution < 1.29 is 23.4 Å². The number of nitrogens with zero attached hydrogens (tertiary/aromatic N) is 3. The Bertz CT molecular complexity index is 994. The Kier molecular flexibility index (Phi) is 4.94. The zero-order valence-corrected chi connectivity index (χ0v) is 15.3. The summed E-state index contributed by atoms with van der Waals surface area (Å²) in [6.07, 6.45) is 1.04. The van der Waals surface area contributed by atoms with E-state index in [1.54, 1.807) is 30.5 Å². The van der Waals surface area contributed by atoms with Crippen molar-refractivity contribution in [3.63, 3.8) is 0 Å². The number of aliphatic hydroxyl groups excluding tert-OH is 2. The molecule has 3 atom stereocenters. The predicted molar refractivity (Wildman–Crippen MR) is 99.0 cm³/mol. The predicted octanol–water partition coefficient (Wildman–Crippen LogP) is 3.30. The van der Waals surface area contributed by atoms with Gasteiger partial charge in [0.15, 0.2) is 5.65 Å². The molecule has 3 aromatic rings. The van der Waals surface area contributed by atoms with Crippen LogP contribution in [0.5, 0.6) is 0 Å². The Hall–Kier alpha value is -2.30. The minimum absolute atomic E-state index is 0.0800. The maximum absolute atomic E-state index is 12.6. The molecule has 0 aliphatic heterocycles. The lowest BCUT2D eigenvalue weighted by atomic mass is 10.1. The van der Waals surface area contributed by atoms with Gasteiger partial charge in [-0.15, -0.1) is 0 Å². The fraction of sp³-hybridized carbons (Fsp3) is 0.333. The number of benzene rings is 1. The van der Waals surface area contributed by atoms with E-state index in [-0.39, 0.29) is 22.7 Å². The van der Waals surface area contributed by atoms with E-state index in [9.17, 15) is 23.4 Å². The number of thioether (sulfide) groups is 1. The highest BCUT2D eigenvalue weighted by molar-refractivity contribution is 8.00. The quantitative estimate of drug-likeness (QED) is 0.573. The van der Waals surface area contributed by atoms with Gasteiger partial charge in [0.05, 0.1) is 23.9 Å². The zero-order chi connectivity index (χ0) is 19.9. The first-order chi connectivity index (χ1) is 13.3. The van der Waals surface area contributed by atoms with Gasteiger partial charge in [-0.3, -0.25) is 0 Å². The molecule has 3 N–H and O–H groups in total. The van der Waals surface area contributed by atoms with Gasteiger partial charge < -0.3 is 15.5 Å². The summed E-state index contributed by atoms with van der Waals surface area (Å²) in [5.74, 6) is 0.579. The third-order valence-electron chi connectivity index (χ3n) is 4.63. The van der Waals surface area contributed by atoms with Crippen LogP contribution in [0.25, 0.3) is 16.9 Å². The third kappa shape index (κ3) is 3.94. The summed E-state index contributed by atoms with van der Waals surface area (Å²) in [5.41, 5.74) is -2.81. The molecule has 28 heavy (non-hydrogen) atoms. The van der Waals surface area contributed by atoms with Crippen LogP contribution in [0.2, 0.25) is 0 Å². The number of aliphatic hydroxyl groups is 2. The number of hydrogen-bond acceptors (Lipinski definition) is 6. The lowest BCUT2D eigenvalue weighted by molar-refractivity contribution is -0.0328. The molecule has 0 saturated heterocycles. The van der Waals surface area contributed by atoms with Crippen molar-refractivity contribution in [3.05, 3.63) is 42.6 Å². The standard InChI is InChI=1S/C18H17F3N4O2S/c19-18(20,21)28-11-3-1-2-10(8-11)13-9-16-22-7-6-15(25(16)24-13)23-12-4-5-14(26)17(12)27/h1-3,6-9,12,14,17,23,26-27H,4-5H2/t12-,14-,17+/m1/s1. The molecule has 2 heterocycles. The first-order valence-corrected chi connectivity index (χ1v) is 9.45. The number of nitrogens with one attached hydrogen (secondary N) is 1. The molecule has 1 saturated carbocycles. The smallest absolute Gasteiger partial charge is 0.390 e. The highest BCUT2D eigenvalue weighted by Gasteiger charge is 2.33. The van der Waals surface area contributed by atoms with E-state index < -0.39 is 17.7 Å². The van der Waals surface area contributed by atoms with Crippen LogP contribution in [-0.2, 0) is 0 Å². The number of fused-ring (bicyclic) bond motifs is 1. The van der Waals surface area contributed by atoms with Gasteiger partial charge in [0.2, 0.25) is 0 Å². The Balaban J connectivity index is 1.65. The summed E-state index contributed by atoms with van der Waals surface area (Å²) in [5, 5.41) is 27.4. The summed E-state index contributed by atoms with van der Waals surface area (Å²) < 4.78 is 39.4. The molecule has 0 amide bonds. The molecule has 148 valence electrons. The summed E-state index contributed by atoms with van der Waals surface area (Å²) in [6.45, 7) is 0. The number of hydrogen-bond donors (Lipinski definition) is 3. The van der Waals surface area contributed by atoms with E-state index >= 15 is 0 Å². The minimum Gasteiger partial charge on any atom is -0.390 e. The number of aromatic nitrogens is 3. The van der Waals surface area contributed by atoms with Gasteiger partial charge in [-0.2, -0.15) is 22.8 Å². The van der Waals surface area contributed by atoms with Crippen molar-refractivity contribution in [2.24, 2.45) is 0 Å². The highest BCUT2D eigenvalue weighted by atomic mass is 32.2. The van der Waals surface area contributed by atoms with Gasteiger partial charge >= 0.3 is 5.51 Å². The molecule has 4 rings (SSSR count). The average Bonchev–Trinajstić information content (AvgIpc) is 3.20. The molecule has 0 radical (unpaired) electrons. The Morgan fingerprint density at radius 1 is 1.14 bits per heavy atom. The average molecular weight is 410 g/mol. The molecule has 1 aliphatic rings. The van der Waals surface area contributed by atoms with Crippen molar-refractivity contribution >= 4 is 23.2 Å². The van der Waals surface area contributed by atoms with Gasteiger partial charge in [-0.25, -0.2) is 4.98 Å². The van der Waals surface area contributed by atoms with E-state index in [0.717, 1.165) is 0 Å².